The zero-order valence-electron chi connectivity index (χ0n) is 8.05. The van der Waals surface area contributed by atoms with Gasteiger partial charge in [-0.1, -0.05) is 0 Å². The minimum Gasteiger partial charge on any atom is -0.338 e. The molecule has 0 saturated carbocycles. The van der Waals surface area contributed by atoms with Gasteiger partial charge >= 0.3 is 0 Å². The minimum absolute atomic E-state index is 0.227. The van der Waals surface area contributed by atoms with Crippen LogP contribution < -0.4 is 5.32 Å². The van der Waals surface area contributed by atoms with Gasteiger partial charge in [-0.2, -0.15) is 0 Å². The molecule has 0 bridgehead atoms. The molecule has 0 unspecified atom stereocenters. The van der Waals surface area contributed by atoms with Crippen LogP contribution in [0.1, 0.15) is 26.7 Å². The molecule has 0 aromatic heterocycles. The number of nitrogens with two attached hydrogens (primary N) is 1. The van der Waals surface area contributed by atoms with E-state index in [-0.39, 0.29) is 6.04 Å². The van der Waals surface area contributed by atoms with Crippen LogP contribution in [0.2, 0.25) is 0 Å². The zero-order valence-corrected chi connectivity index (χ0v) is 8.05. The van der Waals surface area contributed by atoms with E-state index in [1.807, 2.05) is 18.7 Å². The fourth-order valence-corrected chi connectivity index (χ4v) is 1.77. The number of likely N-dealkylation sites (N-methyl/N-ethyl adjacent to an activating group) is 1. The lowest BCUT2D eigenvalue weighted by atomic mass is 10.2. The second kappa shape index (κ2) is 4.45. The van der Waals surface area contributed by atoms with E-state index in [9.17, 15) is 4.79 Å². The Hall–Kier alpha value is -0.570. The highest BCUT2D eigenvalue weighted by molar-refractivity contribution is 5.80. The Morgan fingerprint density at radius 1 is 1.50 bits per heavy atom. The number of hydrogen-bond acceptors (Lipinski definition) is 1. The van der Waals surface area contributed by atoms with Gasteiger partial charge in [-0.3, -0.25) is 4.79 Å². The van der Waals surface area contributed by atoms with E-state index < -0.39 is 0 Å². The van der Waals surface area contributed by atoms with Crippen molar-refractivity contribution < 1.29 is 10.1 Å². The first-order valence-corrected chi connectivity index (χ1v) is 4.91. The van der Waals surface area contributed by atoms with E-state index in [1.54, 1.807) is 0 Å². The number of carbonyl (C=O) groups excluding carboxylic acids is 1. The van der Waals surface area contributed by atoms with Crippen LogP contribution in [0.15, 0.2) is 0 Å². The molecule has 3 heteroatoms. The summed E-state index contributed by atoms with van der Waals surface area (Å²) in [6.45, 7) is 6.89. The van der Waals surface area contributed by atoms with Crippen molar-refractivity contribution in [3.05, 3.63) is 0 Å². The van der Waals surface area contributed by atoms with Crippen LogP contribution in [0.3, 0.4) is 0 Å². The maximum atomic E-state index is 11.7. The summed E-state index contributed by atoms with van der Waals surface area (Å²) in [5.41, 5.74) is 0. The van der Waals surface area contributed by atoms with Gasteiger partial charge in [0.15, 0.2) is 6.04 Å². The monoisotopic (exact) mass is 171 g/mol. The Labute approximate surface area is 74.1 Å². The van der Waals surface area contributed by atoms with Crippen LogP contribution in [0, 0.1) is 0 Å². The summed E-state index contributed by atoms with van der Waals surface area (Å²) in [6.07, 6.45) is 2.26. The highest BCUT2D eigenvalue weighted by Gasteiger charge is 2.28. The van der Waals surface area contributed by atoms with Crippen molar-refractivity contribution in [2.24, 2.45) is 0 Å². The molecular formula is C9H19N2O+. The van der Waals surface area contributed by atoms with Crippen molar-refractivity contribution in [2.45, 2.75) is 32.7 Å². The lowest BCUT2D eigenvalue weighted by Gasteiger charge is -2.20. The van der Waals surface area contributed by atoms with Gasteiger partial charge in [0, 0.05) is 25.9 Å². The number of hydrogen-bond donors (Lipinski definition) is 1. The topological polar surface area (TPSA) is 36.9 Å². The third kappa shape index (κ3) is 1.97. The summed E-state index contributed by atoms with van der Waals surface area (Å²) in [7, 11) is 0. The van der Waals surface area contributed by atoms with Crippen molar-refractivity contribution in [3.63, 3.8) is 0 Å². The van der Waals surface area contributed by atoms with Crippen LogP contribution in [-0.4, -0.2) is 36.5 Å². The zero-order chi connectivity index (χ0) is 8.97. The van der Waals surface area contributed by atoms with E-state index in [1.165, 1.54) is 6.42 Å². The number of nitrogens with zero attached hydrogens (tertiary/aromatic N) is 1. The average Bonchev–Trinajstić information content (AvgIpc) is 2.58. The lowest BCUT2D eigenvalue weighted by molar-refractivity contribution is -0.658. The first-order valence-electron chi connectivity index (χ1n) is 4.91. The lowest BCUT2D eigenvalue weighted by Crippen LogP contribution is -2.89. The molecule has 1 aliphatic rings. The van der Waals surface area contributed by atoms with E-state index in [4.69, 9.17) is 0 Å². The quantitative estimate of drug-likeness (QED) is 0.615. The van der Waals surface area contributed by atoms with Crippen molar-refractivity contribution in [3.8, 4) is 0 Å². The Morgan fingerprint density at radius 3 is 2.58 bits per heavy atom. The van der Waals surface area contributed by atoms with Gasteiger partial charge in [0.1, 0.15) is 0 Å². The summed E-state index contributed by atoms with van der Waals surface area (Å²) < 4.78 is 0. The Balaban J connectivity index is 2.43. The number of quaternary nitrogens is 1. The maximum absolute atomic E-state index is 11.7. The molecule has 0 aliphatic carbocycles. The molecule has 1 aliphatic heterocycles. The molecule has 3 nitrogen and oxygen atoms in total. The predicted molar refractivity (Wildman–Crippen MR) is 47.7 cm³/mol. The van der Waals surface area contributed by atoms with Crippen molar-refractivity contribution in [1.29, 1.82) is 0 Å². The van der Waals surface area contributed by atoms with E-state index >= 15 is 0 Å². The SMILES string of the molecule is CCN(CC)C(=O)[C@@H]1CCC[NH2+]1. The Bertz CT molecular complexity index is 145. The number of rotatable bonds is 3. The van der Waals surface area contributed by atoms with Gasteiger partial charge in [-0.05, 0) is 13.8 Å². The molecule has 1 saturated heterocycles. The standard InChI is InChI=1S/C9H18N2O/c1-3-11(4-2)9(12)8-6-5-7-10-8/h8,10H,3-7H2,1-2H3/p+1/t8-/m0/s1. The smallest absolute Gasteiger partial charge is 0.280 e. The van der Waals surface area contributed by atoms with E-state index in [0.717, 1.165) is 26.1 Å². The molecule has 1 atom stereocenters. The summed E-state index contributed by atoms with van der Waals surface area (Å²) in [5, 5.41) is 2.17. The first-order chi connectivity index (χ1) is 5.79. The largest absolute Gasteiger partial charge is 0.338 e. The average molecular weight is 171 g/mol. The first kappa shape index (κ1) is 9.52. The Morgan fingerprint density at radius 2 is 2.17 bits per heavy atom. The maximum Gasteiger partial charge on any atom is 0.280 e. The molecule has 1 fully saturated rings. The second-order valence-electron chi connectivity index (χ2n) is 3.28. The van der Waals surface area contributed by atoms with Gasteiger partial charge in [-0.15, -0.1) is 0 Å². The molecule has 0 radical (unpaired) electrons. The molecule has 0 aromatic carbocycles. The third-order valence-electron chi connectivity index (χ3n) is 2.56. The van der Waals surface area contributed by atoms with E-state index in [2.05, 4.69) is 5.32 Å². The molecule has 1 rings (SSSR count). The summed E-state index contributed by atoms with van der Waals surface area (Å²) in [5.74, 6) is 0.331. The van der Waals surface area contributed by atoms with Crippen molar-refractivity contribution in [1.82, 2.24) is 4.90 Å². The van der Waals surface area contributed by atoms with Gasteiger partial charge in [-0.25, -0.2) is 0 Å². The second-order valence-corrected chi connectivity index (χ2v) is 3.28. The van der Waals surface area contributed by atoms with Gasteiger partial charge in [0.25, 0.3) is 5.91 Å². The van der Waals surface area contributed by atoms with Crippen LogP contribution in [-0.2, 0) is 4.79 Å². The van der Waals surface area contributed by atoms with E-state index in [0.29, 0.717) is 5.91 Å². The molecular weight excluding hydrogens is 152 g/mol. The van der Waals surface area contributed by atoms with Crippen LogP contribution >= 0.6 is 0 Å². The molecule has 0 aromatic rings. The highest BCUT2D eigenvalue weighted by atomic mass is 16.2. The number of amides is 1. The van der Waals surface area contributed by atoms with Crippen LogP contribution in [0.25, 0.3) is 0 Å². The Kier molecular flexibility index (Phi) is 3.53. The summed E-state index contributed by atoms with van der Waals surface area (Å²) in [4.78, 5) is 13.6. The van der Waals surface area contributed by atoms with Gasteiger partial charge < -0.3 is 10.2 Å². The predicted octanol–water partition coefficient (Wildman–Crippen LogP) is -0.419. The highest BCUT2D eigenvalue weighted by Crippen LogP contribution is 2.02. The third-order valence-corrected chi connectivity index (χ3v) is 2.56. The normalized spacial score (nSPS) is 22.7. The van der Waals surface area contributed by atoms with Crippen molar-refractivity contribution in [2.75, 3.05) is 19.6 Å². The minimum atomic E-state index is 0.227. The fourth-order valence-electron chi connectivity index (χ4n) is 1.77. The summed E-state index contributed by atoms with van der Waals surface area (Å²) in [6, 6.07) is 0.227. The van der Waals surface area contributed by atoms with Crippen molar-refractivity contribution >= 4 is 5.91 Å². The van der Waals surface area contributed by atoms with Gasteiger partial charge in [0.05, 0.1) is 6.54 Å². The number of carbonyl (C=O) groups is 1. The molecule has 1 amide bonds. The molecule has 0 spiro atoms. The molecule has 12 heavy (non-hydrogen) atoms. The molecule has 70 valence electrons. The van der Waals surface area contributed by atoms with Crippen LogP contribution in [0.5, 0.6) is 0 Å². The molecule has 2 N–H and O–H groups in total. The van der Waals surface area contributed by atoms with Gasteiger partial charge in [0.2, 0.25) is 0 Å². The summed E-state index contributed by atoms with van der Waals surface area (Å²) >= 11 is 0. The molecule has 1 heterocycles. The van der Waals surface area contributed by atoms with Crippen LogP contribution in [0.4, 0.5) is 0 Å². The fraction of sp³-hybridized carbons (Fsp3) is 0.889.